The van der Waals surface area contributed by atoms with Crippen LogP contribution in [0.5, 0.6) is 0 Å². The van der Waals surface area contributed by atoms with Crippen LogP contribution in [0, 0.1) is 0 Å². The lowest BCUT2D eigenvalue weighted by Crippen LogP contribution is -2.03. The molecule has 0 atom stereocenters. The van der Waals surface area contributed by atoms with Crippen molar-refractivity contribution in [2.24, 2.45) is 7.05 Å². The molecule has 1 aromatic heterocycles. The summed E-state index contributed by atoms with van der Waals surface area (Å²) in [5.74, 6) is 0.655. The molecule has 0 saturated carbocycles. The monoisotopic (exact) mass is 265 g/mol. The SMILES string of the molecule is CCS(=O)(=O)c1ccc(-c2cnn(C)c2N)cc1. The Morgan fingerprint density at radius 2 is 1.89 bits per heavy atom. The van der Waals surface area contributed by atoms with Gasteiger partial charge < -0.3 is 5.73 Å². The molecule has 1 aromatic carbocycles. The van der Waals surface area contributed by atoms with Gasteiger partial charge in [0.1, 0.15) is 5.82 Å². The molecular weight excluding hydrogens is 250 g/mol. The van der Waals surface area contributed by atoms with Crippen LogP contribution in [0.3, 0.4) is 0 Å². The molecule has 0 radical (unpaired) electrons. The lowest BCUT2D eigenvalue weighted by Gasteiger charge is -2.04. The molecular formula is C12H15N3O2S. The first-order chi connectivity index (χ1) is 8.45. The first-order valence-electron chi connectivity index (χ1n) is 5.56. The van der Waals surface area contributed by atoms with Crippen LogP contribution in [-0.2, 0) is 16.9 Å². The number of benzene rings is 1. The number of nitrogen functional groups attached to an aromatic ring is 1. The number of rotatable bonds is 3. The van der Waals surface area contributed by atoms with E-state index in [0.29, 0.717) is 10.7 Å². The van der Waals surface area contributed by atoms with Crippen LogP contribution >= 0.6 is 0 Å². The zero-order valence-corrected chi connectivity index (χ0v) is 11.1. The lowest BCUT2D eigenvalue weighted by molar-refractivity contribution is 0.597. The third kappa shape index (κ3) is 2.11. The van der Waals surface area contributed by atoms with Crippen LogP contribution in [0.1, 0.15) is 6.92 Å². The van der Waals surface area contributed by atoms with Crippen molar-refractivity contribution in [2.45, 2.75) is 11.8 Å². The molecule has 6 heteroatoms. The number of sulfone groups is 1. The summed E-state index contributed by atoms with van der Waals surface area (Å²) in [5.41, 5.74) is 7.53. The normalized spacial score (nSPS) is 11.7. The molecule has 0 spiro atoms. The van der Waals surface area contributed by atoms with Gasteiger partial charge in [-0.05, 0) is 17.7 Å². The molecule has 18 heavy (non-hydrogen) atoms. The fraction of sp³-hybridized carbons (Fsp3) is 0.250. The van der Waals surface area contributed by atoms with E-state index < -0.39 is 9.84 Å². The van der Waals surface area contributed by atoms with E-state index >= 15 is 0 Å². The fourth-order valence-electron chi connectivity index (χ4n) is 1.68. The Bertz CT molecular complexity index is 657. The van der Waals surface area contributed by atoms with Crippen LogP contribution < -0.4 is 5.73 Å². The van der Waals surface area contributed by atoms with E-state index in [4.69, 9.17) is 5.73 Å². The van der Waals surface area contributed by atoms with Crippen molar-refractivity contribution in [3.63, 3.8) is 0 Å². The molecule has 0 amide bonds. The molecule has 1 heterocycles. The Balaban J connectivity index is 2.43. The maximum atomic E-state index is 11.7. The second kappa shape index (κ2) is 4.45. The van der Waals surface area contributed by atoms with E-state index in [0.717, 1.165) is 11.1 Å². The molecule has 2 rings (SSSR count). The lowest BCUT2D eigenvalue weighted by atomic mass is 10.1. The smallest absolute Gasteiger partial charge is 0.178 e. The Labute approximate surface area is 106 Å². The summed E-state index contributed by atoms with van der Waals surface area (Å²) in [6, 6.07) is 6.69. The van der Waals surface area contributed by atoms with Crippen molar-refractivity contribution in [3.8, 4) is 11.1 Å². The molecule has 0 aliphatic carbocycles. The summed E-state index contributed by atoms with van der Waals surface area (Å²) in [6.45, 7) is 1.63. The molecule has 0 aliphatic rings. The molecule has 96 valence electrons. The zero-order valence-electron chi connectivity index (χ0n) is 10.3. The third-order valence-electron chi connectivity index (χ3n) is 2.89. The van der Waals surface area contributed by atoms with Gasteiger partial charge in [-0.25, -0.2) is 8.42 Å². The van der Waals surface area contributed by atoms with E-state index in [2.05, 4.69) is 5.10 Å². The molecule has 2 aromatic rings. The predicted octanol–water partition coefficient (Wildman–Crippen LogP) is 1.46. The van der Waals surface area contributed by atoms with Crippen molar-refractivity contribution in [1.82, 2.24) is 9.78 Å². The molecule has 0 fully saturated rings. The van der Waals surface area contributed by atoms with Gasteiger partial charge in [-0.2, -0.15) is 5.10 Å². The van der Waals surface area contributed by atoms with Gasteiger partial charge in [0.05, 0.1) is 16.8 Å². The van der Waals surface area contributed by atoms with Gasteiger partial charge in [0.25, 0.3) is 0 Å². The Hall–Kier alpha value is -1.82. The summed E-state index contributed by atoms with van der Waals surface area (Å²) < 4.78 is 24.9. The Morgan fingerprint density at radius 3 is 2.33 bits per heavy atom. The van der Waals surface area contributed by atoms with Crippen molar-refractivity contribution in [2.75, 3.05) is 11.5 Å². The van der Waals surface area contributed by atoms with Crippen LogP contribution in [0.15, 0.2) is 35.4 Å². The quantitative estimate of drug-likeness (QED) is 0.911. The standard InChI is InChI=1S/C12H15N3O2S/c1-3-18(16,17)10-6-4-9(5-7-10)11-8-14-15(2)12(11)13/h4-8H,3,13H2,1-2H3. The number of nitrogens with zero attached hydrogens (tertiary/aromatic N) is 2. The highest BCUT2D eigenvalue weighted by Gasteiger charge is 2.12. The summed E-state index contributed by atoms with van der Waals surface area (Å²) in [4.78, 5) is 0.330. The van der Waals surface area contributed by atoms with Crippen LogP contribution in [0.4, 0.5) is 5.82 Å². The number of aryl methyl sites for hydroxylation is 1. The first-order valence-corrected chi connectivity index (χ1v) is 7.21. The third-order valence-corrected chi connectivity index (χ3v) is 4.64. The average molecular weight is 265 g/mol. The van der Waals surface area contributed by atoms with E-state index in [1.165, 1.54) is 0 Å². The van der Waals surface area contributed by atoms with E-state index in [9.17, 15) is 8.42 Å². The van der Waals surface area contributed by atoms with Gasteiger partial charge in [-0.1, -0.05) is 19.1 Å². The minimum absolute atomic E-state index is 0.0986. The van der Waals surface area contributed by atoms with Crippen LogP contribution in [0.25, 0.3) is 11.1 Å². The summed E-state index contributed by atoms with van der Waals surface area (Å²) >= 11 is 0. The molecule has 0 aliphatic heterocycles. The van der Waals surface area contributed by atoms with Gasteiger partial charge in [0, 0.05) is 12.6 Å². The Morgan fingerprint density at radius 1 is 1.28 bits per heavy atom. The fourth-order valence-corrected chi connectivity index (χ4v) is 2.56. The van der Waals surface area contributed by atoms with Gasteiger partial charge in [0.15, 0.2) is 9.84 Å². The second-order valence-corrected chi connectivity index (χ2v) is 6.27. The van der Waals surface area contributed by atoms with Crippen molar-refractivity contribution < 1.29 is 8.42 Å². The number of anilines is 1. The van der Waals surface area contributed by atoms with Crippen LogP contribution in [-0.4, -0.2) is 24.0 Å². The predicted molar refractivity (Wildman–Crippen MR) is 70.8 cm³/mol. The highest BCUT2D eigenvalue weighted by molar-refractivity contribution is 7.91. The van der Waals surface area contributed by atoms with E-state index in [1.54, 1.807) is 49.1 Å². The van der Waals surface area contributed by atoms with Gasteiger partial charge in [-0.3, -0.25) is 4.68 Å². The minimum atomic E-state index is -3.15. The van der Waals surface area contributed by atoms with Gasteiger partial charge >= 0.3 is 0 Å². The number of nitrogens with two attached hydrogens (primary N) is 1. The average Bonchev–Trinajstić information content (AvgIpc) is 2.70. The first kappa shape index (κ1) is 12.6. The summed E-state index contributed by atoms with van der Waals surface area (Å²) in [5, 5.41) is 4.05. The molecule has 0 unspecified atom stereocenters. The van der Waals surface area contributed by atoms with Crippen molar-refractivity contribution in [3.05, 3.63) is 30.5 Å². The molecule has 2 N–H and O–H groups in total. The van der Waals surface area contributed by atoms with Crippen LogP contribution in [0.2, 0.25) is 0 Å². The highest BCUT2D eigenvalue weighted by atomic mass is 32.2. The molecule has 0 saturated heterocycles. The highest BCUT2D eigenvalue weighted by Crippen LogP contribution is 2.26. The maximum absolute atomic E-state index is 11.7. The molecule has 0 bridgehead atoms. The number of hydrogen-bond acceptors (Lipinski definition) is 4. The zero-order chi connectivity index (χ0) is 13.3. The van der Waals surface area contributed by atoms with Gasteiger partial charge in [-0.15, -0.1) is 0 Å². The van der Waals surface area contributed by atoms with Crippen molar-refractivity contribution in [1.29, 1.82) is 0 Å². The van der Waals surface area contributed by atoms with E-state index in [1.807, 2.05) is 0 Å². The maximum Gasteiger partial charge on any atom is 0.178 e. The van der Waals surface area contributed by atoms with E-state index in [-0.39, 0.29) is 5.75 Å². The largest absolute Gasteiger partial charge is 0.383 e. The topological polar surface area (TPSA) is 78.0 Å². The second-order valence-electron chi connectivity index (χ2n) is 3.99. The Kier molecular flexibility index (Phi) is 3.13. The summed E-state index contributed by atoms with van der Waals surface area (Å²) in [6.07, 6.45) is 1.67. The molecule has 5 nitrogen and oxygen atoms in total. The van der Waals surface area contributed by atoms with Crippen molar-refractivity contribution >= 4 is 15.7 Å². The number of aromatic nitrogens is 2. The van der Waals surface area contributed by atoms with Gasteiger partial charge in [0.2, 0.25) is 0 Å². The summed E-state index contributed by atoms with van der Waals surface area (Å²) in [7, 11) is -1.40. The number of hydrogen-bond donors (Lipinski definition) is 1. The minimum Gasteiger partial charge on any atom is -0.383 e.